The van der Waals surface area contributed by atoms with Crippen LogP contribution in [-0.2, 0) is 4.79 Å². The lowest BCUT2D eigenvalue weighted by atomic mass is 9.80. The van der Waals surface area contributed by atoms with E-state index in [1.807, 2.05) is 0 Å². The molecule has 0 saturated carbocycles. The highest BCUT2D eigenvalue weighted by molar-refractivity contribution is 5.82. The van der Waals surface area contributed by atoms with Gasteiger partial charge in [0.05, 0.1) is 0 Å². The third-order valence-electron chi connectivity index (χ3n) is 3.62. The van der Waals surface area contributed by atoms with Gasteiger partial charge in [-0.3, -0.25) is 4.79 Å². The van der Waals surface area contributed by atoms with Crippen LogP contribution in [0.3, 0.4) is 0 Å². The second-order valence-electron chi connectivity index (χ2n) is 4.81. The molecule has 0 aromatic rings. The summed E-state index contributed by atoms with van der Waals surface area (Å²) in [5, 5.41) is 3.31. The smallest absolute Gasteiger partial charge is 0.228 e. The first-order valence-electron chi connectivity index (χ1n) is 5.72. The van der Waals surface area contributed by atoms with Crippen LogP contribution in [0.25, 0.3) is 0 Å². The normalized spacial score (nSPS) is 26.5. The molecule has 1 amide bonds. The summed E-state index contributed by atoms with van der Waals surface area (Å²) in [6.45, 7) is 6.10. The van der Waals surface area contributed by atoms with E-state index in [2.05, 4.69) is 17.1 Å². The fourth-order valence-corrected chi connectivity index (χ4v) is 2.49. The molecule has 0 atom stereocenters. The number of rotatable bonds is 1. The number of nitrogens with zero attached hydrogens (tertiary/aromatic N) is 1. The predicted molar refractivity (Wildman–Crippen MR) is 56.0 cm³/mol. The Kier molecular flexibility index (Phi) is 2.77. The zero-order chi connectivity index (χ0) is 10.0. The first-order chi connectivity index (χ1) is 6.72. The second kappa shape index (κ2) is 3.89. The van der Waals surface area contributed by atoms with Crippen molar-refractivity contribution in [2.45, 2.75) is 32.6 Å². The largest absolute Gasteiger partial charge is 0.342 e. The number of nitrogens with one attached hydrogen (secondary N) is 1. The highest BCUT2D eigenvalue weighted by atomic mass is 16.2. The van der Waals surface area contributed by atoms with E-state index in [0.29, 0.717) is 5.91 Å². The van der Waals surface area contributed by atoms with E-state index < -0.39 is 0 Å². The maximum Gasteiger partial charge on any atom is 0.228 e. The van der Waals surface area contributed by atoms with Crippen LogP contribution >= 0.6 is 0 Å². The lowest BCUT2D eigenvalue weighted by molar-refractivity contribution is -0.141. The summed E-state index contributed by atoms with van der Waals surface area (Å²) in [5.41, 5.74) is -0.0738. The Morgan fingerprint density at radius 1 is 1.21 bits per heavy atom. The molecule has 14 heavy (non-hydrogen) atoms. The summed E-state index contributed by atoms with van der Waals surface area (Å²) in [4.78, 5) is 14.3. The van der Waals surface area contributed by atoms with Crippen molar-refractivity contribution in [2.75, 3.05) is 26.2 Å². The zero-order valence-electron chi connectivity index (χ0n) is 9.01. The third-order valence-corrected chi connectivity index (χ3v) is 3.62. The molecular weight excluding hydrogens is 176 g/mol. The van der Waals surface area contributed by atoms with Crippen molar-refractivity contribution in [1.82, 2.24) is 10.2 Å². The molecular formula is C11H20N2O. The van der Waals surface area contributed by atoms with Crippen molar-refractivity contribution < 1.29 is 4.79 Å². The maximum atomic E-state index is 12.2. The van der Waals surface area contributed by atoms with Gasteiger partial charge in [-0.05, 0) is 38.8 Å². The standard InChI is InChI=1S/C11H20N2O/c1-11(4-6-12-7-5-11)10(14)13-8-2-3-9-13/h12H,2-9H2,1H3. The Morgan fingerprint density at radius 2 is 1.79 bits per heavy atom. The summed E-state index contributed by atoms with van der Waals surface area (Å²) in [6.07, 6.45) is 4.39. The Morgan fingerprint density at radius 3 is 2.36 bits per heavy atom. The van der Waals surface area contributed by atoms with Gasteiger partial charge in [-0.25, -0.2) is 0 Å². The van der Waals surface area contributed by atoms with Crippen molar-refractivity contribution in [2.24, 2.45) is 5.41 Å². The topological polar surface area (TPSA) is 32.3 Å². The molecule has 0 aromatic heterocycles. The van der Waals surface area contributed by atoms with Crippen LogP contribution < -0.4 is 5.32 Å². The molecule has 2 saturated heterocycles. The van der Waals surface area contributed by atoms with Crippen LogP contribution in [0.1, 0.15) is 32.6 Å². The van der Waals surface area contributed by atoms with E-state index in [1.54, 1.807) is 0 Å². The molecule has 3 nitrogen and oxygen atoms in total. The van der Waals surface area contributed by atoms with E-state index in [0.717, 1.165) is 39.0 Å². The highest BCUT2D eigenvalue weighted by Gasteiger charge is 2.38. The van der Waals surface area contributed by atoms with Crippen LogP contribution in [0.4, 0.5) is 0 Å². The van der Waals surface area contributed by atoms with Crippen molar-refractivity contribution in [1.29, 1.82) is 0 Å². The lowest BCUT2D eigenvalue weighted by Crippen LogP contribution is -2.46. The molecule has 2 fully saturated rings. The van der Waals surface area contributed by atoms with E-state index >= 15 is 0 Å². The molecule has 2 aliphatic heterocycles. The zero-order valence-corrected chi connectivity index (χ0v) is 9.01. The number of hydrogen-bond donors (Lipinski definition) is 1. The van der Waals surface area contributed by atoms with Gasteiger partial charge in [-0.1, -0.05) is 6.92 Å². The van der Waals surface area contributed by atoms with Gasteiger partial charge in [-0.2, -0.15) is 0 Å². The molecule has 2 aliphatic rings. The van der Waals surface area contributed by atoms with Crippen molar-refractivity contribution in [3.63, 3.8) is 0 Å². The Bertz CT molecular complexity index is 215. The van der Waals surface area contributed by atoms with Gasteiger partial charge in [0, 0.05) is 18.5 Å². The molecule has 0 unspecified atom stereocenters. The van der Waals surface area contributed by atoms with E-state index in [4.69, 9.17) is 0 Å². The van der Waals surface area contributed by atoms with Gasteiger partial charge in [0.25, 0.3) is 0 Å². The molecule has 2 rings (SSSR count). The minimum atomic E-state index is -0.0738. The van der Waals surface area contributed by atoms with Crippen LogP contribution in [0, 0.1) is 5.41 Å². The van der Waals surface area contributed by atoms with Gasteiger partial charge in [0.1, 0.15) is 0 Å². The van der Waals surface area contributed by atoms with Gasteiger partial charge >= 0.3 is 0 Å². The minimum absolute atomic E-state index is 0.0738. The monoisotopic (exact) mass is 196 g/mol. The summed E-state index contributed by atoms with van der Waals surface area (Å²) < 4.78 is 0. The number of likely N-dealkylation sites (tertiary alicyclic amines) is 1. The van der Waals surface area contributed by atoms with Crippen LogP contribution in [0.15, 0.2) is 0 Å². The summed E-state index contributed by atoms with van der Waals surface area (Å²) >= 11 is 0. The van der Waals surface area contributed by atoms with Crippen LogP contribution in [0.2, 0.25) is 0 Å². The Hall–Kier alpha value is -0.570. The van der Waals surface area contributed by atoms with Gasteiger partial charge < -0.3 is 10.2 Å². The predicted octanol–water partition coefficient (Wildman–Crippen LogP) is 0.998. The first-order valence-corrected chi connectivity index (χ1v) is 5.72. The van der Waals surface area contributed by atoms with Crippen LogP contribution in [0.5, 0.6) is 0 Å². The minimum Gasteiger partial charge on any atom is -0.342 e. The maximum absolute atomic E-state index is 12.2. The van der Waals surface area contributed by atoms with E-state index in [9.17, 15) is 4.79 Å². The molecule has 3 heteroatoms. The number of carbonyl (C=O) groups is 1. The fraction of sp³-hybridized carbons (Fsp3) is 0.909. The number of piperidine rings is 1. The van der Waals surface area contributed by atoms with Crippen LogP contribution in [-0.4, -0.2) is 37.0 Å². The first kappa shape index (κ1) is 9.97. The van der Waals surface area contributed by atoms with E-state index in [-0.39, 0.29) is 5.41 Å². The summed E-state index contributed by atoms with van der Waals surface area (Å²) in [6, 6.07) is 0. The molecule has 2 heterocycles. The SMILES string of the molecule is CC1(C(=O)N2CCCC2)CCNCC1. The average molecular weight is 196 g/mol. The molecule has 0 aliphatic carbocycles. The van der Waals surface area contributed by atoms with Gasteiger partial charge in [0.15, 0.2) is 0 Å². The number of hydrogen-bond acceptors (Lipinski definition) is 2. The molecule has 0 aromatic carbocycles. The Balaban J connectivity index is 2.00. The van der Waals surface area contributed by atoms with E-state index in [1.165, 1.54) is 12.8 Å². The molecule has 0 spiro atoms. The van der Waals surface area contributed by atoms with Crippen molar-refractivity contribution in [3.8, 4) is 0 Å². The molecule has 80 valence electrons. The third kappa shape index (κ3) is 1.78. The summed E-state index contributed by atoms with van der Waals surface area (Å²) in [5.74, 6) is 0.400. The van der Waals surface area contributed by atoms with Gasteiger partial charge in [0.2, 0.25) is 5.91 Å². The van der Waals surface area contributed by atoms with Crippen molar-refractivity contribution in [3.05, 3.63) is 0 Å². The average Bonchev–Trinajstić information content (AvgIpc) is 2.70. The molecule has 0 bridgehead atoms. The number of amides is 1. The molecule has 1 N–H and O–H groups in total. The second-order valence-corrected chi connectivity index (χ2v) is 4.81. The summed E-state index contributed by atoms with van der Waals surface area (Å²) in [7, 11) is 0. The van der Waals surface area contributed by atoms with Crippen molar-refractivity contribution >= 4 is 5.91 Å². The number of carbonyl (C=O) groups excluding carboxylic acids is 1. The molecule has 0 radical (unpaired) electrons. The highest BCUT2D eigenvalue weighted by Crippen LogP contribution is 2.31. The fourth-order valence-electron chi connectivity index (χ4n) is 2.49. The van der Waals surface area contributed by atoms with Gasteiger partial charge in [-0.15, -0.1) is 0 Å². The Labute approximate surface area is 85.8 Å². The quantitative estimate of drug-likeness (QED) is 0.678. The lowest BCUT2D eigenvalue weighted by Gasteiger charge is -2.35.